The van der Waals surface area contributed by atoms with Crippen molar-refractivity contribution < 1.29 is 19.0 Å². The van der Waals surface area contributed by atoms with E-state index in [4.69, 9.17) is 19.9 Å². The molecule has 0 aliphatic carbocycles. The number of nitrogens with one attached hydrogen (secondary N) is 1. The van der Waals surface area contributed by atoms with Gasteiger partial charge >= 0.3 is 6.09 Å². The Labute approximate surface area is 161 Å². The summed E-state index contributed by atoms with van der Waals surface area (Å²) in [4.78, 5) is 14.2. The van der Waals surface area contributed by atoms with Gasteiger partial charge in [0.05, 0.1) is 19.1 Å². The topological polar surface area (TPSA) is 126 Å². The van der Waals surface area contributed by atoms with Gasteiger partial charge in [-0.3, -0.25) is 5.10 Å². The summed E-state index contributed by atoms with van der Waals surface area (Å²) in [6.07, 6.45) is -0.456. The molecule has 3 N–H and O–H groups in total. The number of carbonyl (C=O) groups excluding carboxylic acids is 1. The zero-order valence-electron chi connectivity index (χ0n) is 15.3. The van der Waals surface area contributed by atoms with Crippen LogP contribution in [-0.4, -0.2) is 47.5 Å². The van der Waals surface area contributed by atoms with Crippen LogP contribution in [0.15, 0.2) is 35.7 Å². The van der Waals surface area contributed by atoms with Crippen LogP contribution in [-0.2, 0) is 4.74 Å². The number of fused-ring (bicyclic) bond motifs is 1. The van der Waals surface area contributed by atoms with Crippen molar-refractivity contribution in [3.63, 3.8) is 0 Å². The maximum Gasteiger partial charge on any atom is 0.415 e. The third-order valence-corrected chi connectivity index (χ3v) is 4.83. The Hall–Kier alpha value is -3.51. The van der Waals surface area contributed by atoms with Gasteiger partial charge in [-0.05, 0) is 13.0 Å². The number of amides is 1. The third kappa shape index (κ3) is 3.04. The first kappa shape index (κ1) is 17.9. The van der Waals surface area contributed by atoms with Crippen LogP contribution in [0.1, 0.15) is 22.7 Å². The summed E-state index contributed by atoms with van der Waals surface area (Å²) in [5.41, 5.74) is 8.28. The Morgan fingerprint density at radius 2 is 2.14 bits per heavy atom. The molecule has 1 amide bonds. The van der Waals surface area contributed by atoms with E-state index in [1.807, 2.05) is 13.0 Å². The molecule has 9 nitrogen and oxygen atoms in total. The van der Waals surface area contributed by atoms with E-state index in [0.29, 0.717) is 49.1 Å². The molecule has 9 heteroatoms. The van der Waals surface area contributed by atoms with E-state index in [0.717, 1.165) is 5.69 Å². The number of para-hydroxylation sites is 1. The second-order valence-electron chi connectivity index (χ2n) is 6.50. The fraction of sp³-hybridized carbons (Fsp3) is 0.316. The molecule has 0 bridgehead atoms. The van der Waals surface area contributed by atoms with Gasteiger partial charge in [0.25, 0.3) is 0 Å². The molecule has 0 saturated carbocycles. The summed E-state index contributed by atoms with van der Waals surface area (Å²) >= 11 is 0. The average Bonchev–Trinajstić information content (AvgIpc) is 3.08. The van der Waals surface area contributed by atoms with E-state index in [1.165, 1.54) is 0 Å². The van der Waals surface area contributed by atoms with Crippen molar-refractivity contribution >= 4 is 6.09 Å². The summed E-state index contributed by atoms with van der Waals surface area (Å²) in [5.74, 6) is 0.105. The highest BCUT2D eigenvalue weighted by atomic mass is 16.6. The number of carbonyl (C=O) groups is 1. The number of rotatable bonds is 2. The van der Waals surface area contributed by atoms with Crippen molar-refractivity contribution in [2.75, 3.05) is 26.3 Å². The molecule has 2 aliphatic heterocycles. The normalized spacial score (nSPS) is 18.9. The van der Waals surface area contributed by atoms with Gasteiger partial charge in [0, 0.05) is 29.9 Å². The van der Waals surface area contributed by atoms with Crippen molar-refractivity contribution in [3.05, 3.63) is 52.5 Å². The van der Waals surface area contributed by atoms with Crippen molar-refractivity contribution in [1.29, 1.82) is 5.26 Å². The molecule has 2 aliphatic rings. The molecule has 1 unspecified atom stereocenters. The zero-order chi connectivity index (χ0) is 19.7. The molecule has 3 heterocycles. The predicted octanol–water partition coefficient (Wildman–Crippen LogP) is 1.77. The van der Waals surface area contributed by atoms with Gasteiger partial charge in [0.15, 0.2) is 0 Å². The van der Waals surface area contributed by atoms with E-state index in [1.54, 1.807) is 23.1 Å². The lowest BCUT2D eigenvalue weighted by Crippen LogP contribution is -2.42. The van der Waals surface area contributed by atoms with Crippen molar-refractivity contribution in [2.45, 2.75) is 12.8 Å². The van der Waals surface area contributed by atoms with E-state index >= 15 is 0 Å². The number of H-pyrrole nitrogens is 1. The molecule has 2 aromatic rings. The van der Waals surface area contributed by atoms with Crippen LogP contribution in [0.25, 0.3) is 0 Å². The van der Waals surface area contributed by atoms with Gasteiger partial charge in [-0.15, -0.1) is 5.10 Å². The summed E-state index contributed by atoms with van der Waals surface area (Å²) in [6.45, 7) is 3.73. The van der Waals surface area contributed by atoms with E-state index < -0.39 is 12.0 Å². The largest absolute Gasteiger partial charge is 0.420 e. The smallest absolute Gasteiger partial charge is 0.415 e. The quantitative estimate of drug-likeness (QED) is 0.811. The third-order valence-electron chi connectivity index (χ3n) is 4.83. The second kappa shape index (κ2) is 7.25. The Balaban J connectivity index is 1.74. The number of aromatic nitrogens is 2. The monoisotopic (exact) mass is 381 g/mol. The minimum absolute atomic E-state index is 0.0131. The molecule has 28 heavy (non-hydrogen) atoms. The number of nitrogens with two attached hydrogens (primary N) is 1. The summed E-state index contributed by atoms with van der Waals surface area (Å²) in [6, 6.07) is 9.21. The molecule has 1 atom stereocenters. The van der Waals surface area contributed by atoms with Crippen molar-refractivity contribution in [2.24, 2.45) is 5.73 Å². The fourth-order valence-corrected chi connectivity index (χ4v) is 3.43. The number of nitrogens with zero attached hydrogens (tertiary/aromatic N) is 3. The van der Waals surface area contributed by atoms with E-state index in [-0.39, 0.29) is 11.5 Å². The zero-order valence-corrected chi connectivity index (χ0v) is 15.3. The highest BCUT2D eigenvalue weighted by molar-refractivity contribution is 5.72. The van der Waals surface area contributed by atoms with Crippen LogP contribution in [0.2, 0.25) is 0 Å². The highest BCUT2D eigenvalue weighted by Gasteiger charge is 2.36. The lowest BCUT2D eigenvalue weighted by molar-refractivity contribution is 0.0415. The average molecular weight is 381 g/mol. The number of aryl methyl sites for hydroxylation is 1. The number of aromatic amines is 1. The Morgan fingerprint density at radius 1 is 1.39 bits per heavy atom. The number of benzene rings is 1. The maximum atomic E-state index is 12.6. The number of allylic oxidation sites excluding steroid dienone is 1. The first-order chi connectivity index (χ1) is 13.6. The molecule has 144 valence electrons. The first-order valence-electron chi connectivity index (χ1n) is 8.86. The number of hydrogen-bond donors (Lipinski definition) is 2. The number of nitriles is 1. The standard InChI is InChI=1S/C19H19N5O4/c1-11-15-16(13(10-20)17(21)28-18(15)23-22-11)12-4-2-3-5-14(12)27-19(25)24-6-8-26-9-7-24/h2-5,16H,6-9,21H2,1H3,(H,22,23). The molecule has 4 rings (SSSR count). The summed E-state index contributed by atoms with van der Waals surface area (Å²) < 4.78 is 16.4. The van der Waals surface area contributed by atoms with Crippen molar-refractivity contribution in [3.8, 4) is 17.7 Å². The number of ether oxygens (including phenoxy) is 3. The van der Waals surface area contributed by atoms with Crippen LogP contribution in [0.3, 0.4) is 0 Å². The summed E-state index contributed by atoms with van der Waals surface area (Å²) in [5, 5.41) is 16.7. The van der Waals surface area contributed by atoms with Gasteiger partial charge in [-0.1, -0.05) is 18.2 Å². The van der Waals surface area contributed by atoms with Crippen LogP contribution in [0.4, 0.5) is 4.79 Å². The number of morpholine rings is 1. The van der Waals surface area contributed by atoms with Crippen molar-refractivity contribution in [1.82, 2.24) is 15.1 Å². The van der Waals surface area contributed by atoms with E-state index in [2.05, 4.69) is 16.3 Å². The lowest BCUT2D eigenvalue weighted by atomic mass is 9.83. The van der Waals surface area contributed by atoms with Gasteiger partial charge < -0.3 is 24.8 Å². The molecule has 1 saturated heterocycles. The van der Waals surface area contributed by atoms with Gasteiger partial charge in [0.1, 0.15) is 17.4 Å². The molecule has 1 fully saturated rings. The van der Waals surface area contributed by atoms with Crippen LogP contribution < -0.4 is 15.2 Å². The molecule has 0 spiro atoms. The Morgan fingerprint density at radius 3 is 2.89 bits per heavy atom. The Bertz CT molecular complexity index is 984. The van der Waals surface area contributed by atoms with Crippen LogP contribution in [0, 0.1) is 18.3 Å². The minimum atomic E-state index is -0.554. The van der Waals surface area contributed by atoms with Gasteiger partial charge in [0.2, 0.25) is 11.8 Å². The van der Waals surface area contributed by atoms with E-state index in [9.17, 15) is 10.1 Å². The number of hydrogen-bond acceptors (Lipinski definition) is 7. The second-order valence-corrected chi connectivity index (χ2v) is 6.50. The summed E-state index contributed by atoms with van der Waals surface area (Å²) in [7, 11) is 0. The lowest BCUT2D eigenvalue weighted by Gasteiger charge is -2.28. The van der Waals surface area contributed by atoms with Crippen LogP contribution >= 0.6 is 0 Å². The SMILES string of the molecule is Cc1[nH]nc2c1C(c1ccccc1OC(=O)N1CCOCC1)C(C#N)=C(N)O2. The maximum absolute atomic E-state index is 12.6. The fourth-order valence-electron chi connectivity index (χ4n) is 3.43. The molecule has 1 aromatic carbocycles. The highest BCUT2D eigenvalue weighted by Crippen LogP contribution is 2.45. The molecule has 0 radical (unpaired) electrons. The molecular weight excluding hydrogens is 362 g/mol. The Kier molecular flexibility index (Phi) is 4.63. The van der Waals surface area contributed by atoms with Crippen LogP contribution in [0.5, 0.6) is 11.6 Å². The minimum Gasteiger partial charge on any atom is -0.420 e. The predicted molar refractivity (Wildman–Crippen MR) is 97.5 cm³/mol. The molecular formula is C19H19N5O4. The first-order valence-corrected chi connectivity index (χ1v) is 8.86. The van der Waals surface area contributed by atoms with Gasteiger partial charge in [-0.2, -0.15) is 5.26 Å². The van der Waals surface area contributed by atoms with Gasteiger partial charge in [-0.25, -0.2) is 4.79 Å². The molecule has 1 aromatic heterocycles.